The molecule has 0 aliphatic carbocycles. The fourth-order valence-corrected chi connectivity index (χ4v) is 2.87. The highest BCUT2D eigenvalue weighted by Gasteiger charge is 2.23. The largest absolute Gasteiger partial charge is 0.395 e. The van der Waals surface area contributed by atoms with Gasteiger partial charge in [-0.2, -0.15) is 5.10 Å². The normalized spacial score (nSPS) is 19.6. The Morgan fingerprint density at radius 3 is 2.85 bits per heavy atom. The Bertz CT molecular complexity index is 538. The minimum absolute atomic E-state index is 0.222. The molecule has 0 saturated heterocycles. The van der Waals surface area contributed by atoms with E-state index in [1.807, 2.05) is 12.3 Å². The van der Waals surface area contributed by atoms with Crippen LogP contribution in [0.2, 0.25) is 0 Å². The number of aryl methyl sites for hydroxylation is 1. The molecule has 106 valence electrons. The summed E-state index contributed by atoms with van der Waals surface area (Å²) in [6, 6.07) is 12.8. The molecular weight excluding hydrogens is 250 g/mol. The first-order chi connectivity index (χ1) is 9.86. The summed E-state index contributed by atoms with van der Waals surface area (Å²) in [5, 5.41) is 14.0. The second kappa shape index (κ2) is 6.20. The van der Waals surface area contributed by atoms with Crippen LogP contribution in [0.3, 0.4) is 0 Å². The molecule has 0 radical (unpaired) electrons. The quantitative estimate of drug-likeness (QED) is 0.920. The number of aliphatic hydroxyl groups is 1. The number of hydrogen-bond donors (Lipinski definition) is 1. The van der Waals surface area contributed by atoms with Gasteiger partial charge in [0, 0.05) is 31.9 Å². The van der Waals surface area contributed by atoms with Crippen molar-refractivity contribution in [2.24, 2.45) is 0 Å². The highest BCUT2D eigenvalue weighted by atomic mass is 16.3. The maximum atomic E-state index is 9.63. The third kappa shape index (κ3) is 2.92. The molecule has 1 aliphatic heterocycles. The number of rotatable bonds is 4. The minimum atomic E-state index is 0.222. The molecule has 1 aliphatic rings. The maximum Gasteiger partial charge on any atom is 0.0587 e. The summed E-state index contributed by atoms with van der Waals surface area (Å²) in [6.45, 7) is 2.97. The zero-order valence-electron chi connectivity index (χ0n) is 11.7. The first-order valence-corrected chi connectivity index (χ1v) is 7.26. The third-order valence-corrected chi connectivity index (χ3v) is 4.10. The maximum absolute atomic E-state index is 9.63. The molecule has 3 rings (SSSR count). The van der Waals surface area contributed by atoms with E-state index in [2.05, 4.69) is 45.0 Å². The van der Waals surface area contributed by atoms with Crippen LogP contribution in [0.25, 0.3) is 0 Å². The van der Waals surface area contributed by atoms with Crippen molar-refractivity contribution >= 4 is 0 Å². The predicted octanol–water partition coefficient (Wildman–Crippen LogP) is 1.69. The first kappa shape index (κ1) is 13.3. The van der Waals surface area contributed by atoms with Crippen LogP contribution in [0.5, 0.6) is 0 Å². The molecule has 4 heteroatoms. The van der Waals surface area contributed by atoms with E-state index in [0.717, 1.165) is 32.5 Å². The van der Waals surface area contributed by atoms with E-state index >= 15 is 0 Å². The number of hydrogen-bond acceptors (Lipinski definition) is 3. The van der Waals surface area contributed by atoms with Crippen LogP contribution in [-0.4, -0.2) is 39.0 Å². The molecule has 0 unspecified atom stereocenters. The monoisotopic (exact) mass is 271 g/mol. The smallest absolute Gasteiger partial charge is 0.0587 e. The summed E-state index contributed by atoms with van der Waals surface area (Å²) in [6.07, 6.45) is 3.84. The summed E-state index contributed by atoms with van der Waals surface area (Å²) in [5.41, 5.74) is 2.59. The highest BCUT2D eigenvalue weighted by molar-refractivity contribution is 5.15. The summed E-state index contributed by atoms with van der Waals surface area (Å²) >= 11 is 0. The van der Waals surface area contributed by atoms with Crippen molar-refractivity contribution in [3.05, 3.63) is 53.9 Å². The van der Waals surface area contributed by atoms with Crippen LogP contribution in [0.4, 0.5) is 0 Å². The van der Waals surface area contributed by atoms with Gasteiger partial charge in [-0.1, -0.05) is 30.3 Å². The SMILES string of the molecule is OC[C@H]1CCn2nccc2CN1CCc1ccccc1. The average molecular weight is 271 g/mol. The van der Waals surface area contributed by atoms with E-state index < -0.39 is 0 Å². The van der Waals surface area contributed by atoms with Gasteiger partial charge in [0.1, 0.15) is 0 Å². The zero-order valence-corrected chi connectivity index (χ0v) is 11.7. The Kier molecular flexibility index (Phi) is 4.14. The molecule has 1 atom stereocenters. The molecule has 0 saturated carbocycles. The molecule has 20 heavy (non-hydrogen) atoms. The van der Waals surface area contributed by atoms with Crippen molar-refractivity contribution in [1.29, 1.82) is 0 Å². The van der Waals surface area contributed by atoms with Crippen LogP contribution in [-0.2, 0) is 19.5 Å². The van der Waals surface area contributed by atoms with Crippen LogP contribution in [0.1, 0.15) is 17.7 Å². The zero-order chi connectivity index (χ0) is 13.8. The van der Waals surface area contributed by atoms with E-state index in [4.69, 9.17) is 0 Å². The second-order valence-electron chi connectivity index (χ2n) is 5.38. The van der Waals surface area contributed by atoms with Gasteiger partial charge < -0.3 is 5.11 Å². The van der Waals surface area contributed by atoms with Gasteiger partial charge >= 0.3 is 0 Å². The number of nitrogens with zero attached hydrogens (tertiary/aromatic N) is 3. The third-order valence-electron chi connectivity index (χ3n) is 4.10. The van der Waals surface area contributed by atoms with Crippen molar-refractivity contribution in [3.63, 3.8) is 0 Å². The van der Waals surface area contributed by atoms with Crippen molar-refractivity contribution in [2.45, 2.75) is 32.0 Å². The molecule has 0 fully saturated rings. The number of fused-ring (bicyclic) bond motifs is 1. The Morgan fingerprint density at radius 1 is 1.20 bits per heavy atom. The fraction of sp³-hybridized carbons (Fsp3) is 0.438. The summed E-state index contributed by atoms with van der Waals surface area (Å²) in [7, 11) is 0. The summed E-state index contributed by atoms with van der Waals surface area (Å²) in [4.78, 5) is 2.38. The lowest BCUT2D eigenvalue weighted by Crippen LogP contribution is -2.38. The molecule has 1 N–H and O–H groups in total. The minimum Gasteiger partial charge on any atom is -0.395 e. The van der Waals surface area contributed by atoms with Crippen LogP contribution in [0.15, 0.2) is 42.6 Å². The van der Waals surface area contributed by atoms with Crippen molar-refractivity contribution in [2.75, 3.05) is 13.2 Å². The van der Waals surface area contributed by atoms with Gasteiger partial charge in [0.2, 0.25) is 0 Å². The predicted molar refractivity (Wildman–Crippen MR) is 78.3 cm³/mol. The number of aromatic nitrogens is 2. The molecule has 1 aromatic heterocycles. The van der Waals surface area contributed by atoms with Crippen LogP contribution in [0, 0.1) is 0 Å². The lowest BCUT2D eigenvalue weighted by atomic mass is 10.1. The lowest BCUT2D eigenvalue weighted by Gasteiger charge is -2.28. The molecule has 0 bridgehead atoms. The number of benzene rings is 1. The van der Waals surface area contributed by atoms with Crippen molar-refractivity contribution in [1.82, 2.24) is 14.7 Å². The van der Waals surface area contributed by atoms with Crippen molar-refractivity contribution < 1.29 is 5.11 Å². The van der Waals surface area contributed by atoms with Gasteiger partial charge in [-0.15, -0.1) is 0 Å². The lowest BCUT2D eigenvalue weighted by molar-refractivity contribution is 0.115. The van der Waals surface area contributed by atoms with E-state index in [-0.39, 0.29) is 12.6 Å². The Hall–Kier alpha value is -1.65. The fourth-order valence-electron chi connectivity index (χ4n) is 2.87. The van der Waals surface area contributed by atoms with Gasteiger partial charge in [-0.3, -0.25) is 9.58 Å². The summed E-state index contributed by atoms with van der Waals surface area (Å²) in [5.74, 6) is 0. The highest BCUT2D eigenvalue weighted by Crippen LogP contribution is 2.17. The molecule has 2 aromatic rings. The van der Waals surface area contributed by atoms with Gasteiger partial charge in [-0.25, -0.2) is 0 Å². The van der Waals surface area contributed by atoms with E-state index in [1.165, 1.54) is 11.3 Å². The Balaban J connectivity index is 1.69. The second-order valence-corrected chi connectivity index (χ2v) is 5.38. The Morgan fingerprint density at radius 2 is 2.05 bits per heavy atom. The molecule has 4 nitrogen and oxygen atoms in total. The van der Waals surface area contributed by atoms with Gasteiger partial charge in [0.15, 0.2) is 0 Å². The number of aliphatic hydroxyl groups excluding tert-OH is 1. The molecular formula is C16H21N3O. The van der Waals surface area contributed by atoms with Crippen LogP contribution >= 0.6 is 0 Å². The standard InChI is InChI=1S/C16H21N3O/c20-13-16-8-11-19-15(6-9-17-19)12-18(16)10-7-14-4-2-1-3-5-14/h1-6,9,16,20H,7-8,10-13H2/t16-/m1/s1. The van der Waals surface area contributed by atoms with E-state index in [9.17, 15) is 5.11 Å². The molecule has 1 aromatic carbocycles. The van der Waals surface area contributed by atoms with E-state index in [1.54, 1.807) is 0 Å². The van der Waals surface area contributed by atoms with Gasteiger partial charge in [-0.05, 0) is 24.5 Å². The Labute approximate surface area is 119 Å². The molecule has 0 spiro atoms. The van der Waals surface area contributed by atoms with Crippen LogP contribution < -0.4 is 0 Å². The molecule has 0 amide bonds. The summed E-state index contributed by atoms with van der Waals surface area (Å²) < 4.78 is 2.06. The molecule has 2 heterocycles. The van der Waals surface area contributed by atoms with Gasteiger partial charge in [0.05, 0.1) is 12.3 Å². The van der Waals surface area contributed by atoms with Crippen molar-refractivity contribution in [3.8, 4) is 0 Å². The average Bonchev–Trinajstić information content (AvgIpc) is 2.86. The topological polar surface area (TPSA) is 41.3 Å². The van der Waals surface area contributed by atoms with Gasteiger partial charge in [0.25, 0.3) is 0 Å². The first-order valence-electron chi connectivity index (χ1n) is 7.26. The van der Waals surface area contributed by atoms with E-state index in [0.29, 0.717) is 0 Å².